The molecule has 0 saturated carbocycles. The Labute approximate surface area is 107 Å². The zero-order valence-corrected chi connectivity index (χ0v) is 10.8. The van der Waals surface area contributed by atoms with Crippen LogP contribution >= 0.6 is 0 Å². The number of benzene rings is 1. The first-order valence-corrected chi connectivity index (χ1v) is 5.99. The van der Waals surface area contributed by atoms with Crippen molar-refractivity contribution >= 4 is 0 Å². The van der Waals surface area contributed by atoms with Crippen molar-refractivity contribution in [1.82, 2.24) is 20.3 Å². The number of nitrogens with zero attached hydrogens (tertiary/aromatic N) is 3. The second-order valence-electron chi connectivity index (χ2n) is 4.23. The summed E-state index contributed by atoms with van der Waals surface area (Å²) in [6.45, 7) is 4.19. The number of hydrogen-bond acceptors (Lipinski definition) is 4. The molecule has 1 N–H and O–H groups in total. The molecule has 2 aromatic rings. The molecule has 0 aliphatic carbocycles. The van der Waals surface area contributed by atoms with Gasteiger partial charge in [0.15, 0.2) is 0 Å². The van der Waals surface area contributed by atoms with E-state index in [2.05, 4.69) is 28.6 Å². The van der Waals surface area contributed by atoms with Crippen LogP contribution in [0, 0.1) is 6.92 Å². The van der Waals surface area contributed by atoms with Gasteiger partial charge in [0.05, 0.1) is 5.69 Å². The van der Waals surface area contributed by atoms with Crippen LogP contribution in [0.2, 0.25) is 0 Å². The van der Waals surface area contributed by atoms with Crippen molar-refractivity contribution < 1.29 is 4.74 Å². The highest BCUT2D eigenvalue weighted by molar-refractivity contribution is 5.27. The highest BCUT2D eigenvalue weighted by atomic mass is 16.5. The van der Waals surface area contributed by atoms with E-state index < -0.39 is 0 Å². The Balaban J connectivity index is 1.64. The summed E-state index contributed by atoms with van der Waals surface area (Å²) in [4.78, 5) is 0. The lowest BCUT2D eigenvalue weighted by Crippen LogP contribution is -2.20. The van der Waals surface area contributed by atoms with E-state index >= 15 is 0 Å². The van der Waals surface area contributed by atoms with Crippen molar-refractivity contribution in [3.63, 3.8) is 0 Å². The summed E-state index contributed by atoms with van der Waals surface area (Å²) >= 11 is 0. The van der Waals surface area contributed by atoms with Crippen LogP contribution in [0.3, 0.4) is 0 Å². The molecule has 1 heterocycles. The summed E-state index contributed by atoms with van der Waals surface area (Å²) in [5, 5.41) is 11.1. The first-order chi connectivity index (χ1) is 8.74. The highest BCUT2D eigenvalue weighted by Gasteiger charge is 1.97. The molecule has 0 aliphatic rings. The second-order valence-corrected chi connectivity index (χ2v) is 4.23. The number of nitrogens with one attached hydrogen (secondary N) is 1. The Morgan fingerprint density at radius 3 is 3.00 bits per heavy atom. The molecule has 5 nitrogen and oxygen atoms in total. The summed E-state index contributed by atoms with van der Waals surface area (Å²) in [7, 11) is 1.86. The molecule has 18 heavy (non-hydrogen) atoms. The Morgan fingerprint density at radius 1 is 1.39 bits per heavy atom. The molecule has 0 atom stereocenters. The van der Waals surface area contributed by atoms with Crippen molar-refractivity contribution in [2.75, 3.05) is 13.2 Å². The predicted octanol–water partition coefficient (Wildman–Crippen LogP) is 1.29. The highest BCUT2D eigenvalue weighted by Crippen LogP contribution is 2.11. The Morgan fingerprint density at radius 2 is 2.28 bits per heavy atom. The van der Waals surface area contributed by atoms with Crippen molar-refractivity contribution in [3.8, 4) is 5.75 Å². The maximum absolute atomic E-state index is 5.63. The third-order valence-corrected chi connectivity index (χ3v) is 2.49. The smallest absolute Gasteiger partial charge is 0.119 e. The van der Waals surface area contributed by atoms with Crippen LogP contribution in [0.5, 0.6) is 5.75 Å². The van der Waals surface area contributed by atoms with Crippen molar-refractivity contribution in [2.24, 2.45) is 7.05 Å². The summed E-state index contributed by atoms with van der Waals surface area (Å²) < 4.78 is 7.32. The average Bonchev–Trinajstić information content (AvgIpc) is 2.75. The van der Waals surface area contributed by atoms with Crippen LogP contribution in [0.1, 0.15) is 11.3 Å². The quantitative estimate of drug-likeness (QED) is 0.780. The van der Waals surface area contributed by atoms with Gasteiger partial charge in [0, 0.05) is 26.3 Å². The molecular formula is C13H18N4O. The monoisotopic (exact) mass is 246 g/mol. The molecule has 1 aromatic heterocycles. The number of rotatable bonds is 6. The molecule has 0 spiro atoms. The molecule has 0 amide bonds. The molecule has 0 unspecified atom stereocenters. The first kappa shape index (κ1) is 12.6. The van der Waals surface area contributed by atoms with E-state index in [1.807, 2.05) is 31.4 Å². The van der Waals surface area contributed by atoms with Gasteiger partial charge in [-0.15, -0.1) is 5.10 Å². The van der Waals surface area contributed by atoms with Gasteiger partial charge in [0.25, 0.3) is 0 Å². The minimum atomic E-state index is 0.643. The van der Waals surface area contributed by atoms with Gasteiger partial charge in [-0.3, -0.25) is 4.68 Å². The zero-order chi connectivity index (χ0) is 12.8. The molecule has 1 aromatic carbocycles. The fourth-order valence-corrected chi connectivity index (χ4v) is 1.64. The van der Waals surface area contributed by atoms with Gasteiger partial charge < -0.3 is 10.1 Å². The second kappa shape index (κ2) is 6.16. The fourth-order valence-electron chi connectivity index (χ4n) is 1.64. The number of aromatic nitrogens is 3. The van der Waals surface area contributed by atoms with E-state index in [-0.39, 0.29) is 0 Å². The van der Waals surface area contributed by atoms with Gasteiger partial charge in [-0.25, -0.2) is 0 Å². The minimum Gasteiger partial charge on any atom is -0.492 e. The van der Waals surface area contributed by atoms with Gasteiger partial charge in [-0.2, -0.15) is 0 Å². The van der Waals surface area contributed by atoms with E-state index in [4.69, 9.17) is 4.74 Å². The molecule has 2 rings (SSSR count). The first-order valence-electron chi connectivity index (χ1n) is 5.99. The number of hydrogen-bond donors (Lipinski definition) is 1. The summed E-state index contributed by atoms with van der Waals surface area (Å²) in [5.41, 5.74) is 2.15. The van der Waals surface area contributed by atoms with Gasteiger partial charge in [-0.05, 0) is 24.6 Å². The average molecular weight is 246 g/mol. The summed E-state index contributed by atoms with van der Waals surface area (Å²) in [5.74, 6) is 0.913. The molecular weight excluding hydrogens is 228 g/mol. The molecule has 0 aliphatic heterocycles. The standard InChI is InChI=1S/C13H18N4O/c1-11-4-3-5-13(8-11)18-7-6-14-9-12-10-17(2)16-15-12/h3-5,8,10,14H,6-7,9H2,1-2H3. The van der Waals surface area contributed by atoms with Crippen LogP contribution in [-0.2, 0) is 13.6 Å². The zero-order valence-electron chi connectivity index (χ0n) is 10.8. The largest absolute Gasteiger partial charge is 0.492 e. The Kier molecular flexibility index (Phi) is 4.30. The SMILES string of the molecule is Cc1cccc(OCCNCc2cn(C)nn2)c1. The summed E-state index contributed by atoms with van der Waals surface area (Å²) in [6.07, 6.45) is 1.90. The fraction of sp³-hybridized carbons (Fsp3) is 0.385. The Bertz CT molecular complexity index is 495. The van der Waals surface area contributed by atoms with E-state index in [1.54, 1.807) is 4.68 Å². The van der Waals surface area contributed by atoms with E-state index in [0.717, 1.165) is 18.0 Å². The topological polar surface area (TPSA) is 52.0 Å². The van der Waals surface area contributed by atoms with Crippen LogP contribution < -0.4 is 10.1 Å². The lowest BCUT2D eigenvalue weighted by molar-refractivity contribution is 0.313. The van der Waals surface area contributed by atoms with Crippen molar-refractivity contribution in [2.45, 2.75) is 13.5 Å². The summed E-state index contributed by atoms with van der Waals surface area (Å²) in [6, 6.07) is 8.05. The Hall–Kier alpha value is -1.88. The van der Waals surface area contributed by atoms with Crippen molar-refractivity contribution in [1.29, 1.82) is 0 Å². The van der Waals surface area contributed by atoms with Crippen LogP contribution in [0.4, 0.5) is 0 Å². The third kappa shape index (κ3) is 3.85. The minimum absolute atomic E-state index is 0.643. The van der Waals surface area contributed by atoms with Crippen LogP contribution in [0.15, 0.2) is 30.5 Å². The normalized spacial score (nSPS) is 10.6. The molecule has 96 valence electrons. The molecule has 0 fully saturated rings. The molecule has 5 heteroatoms. The number of ether oxygens (including phenoxy) is 1. The molecule has 0 radical (unpaired) electrons. The lowest BCUT2D eigenvalue weighted by Gasteiger charge is -2.07. The van der Waals surface area contributed by atoms with Gasteiger partial charge in [0.1, 0.15) is 12.4 Å². The van der Waals surface area contributed by atoms with E-state index in [1.165, 1.54) is 5.56 Å². The van der Waals surface area contributed by atoms with Gasteiger partial charge in [-0.1, -0.05) is 17.3 Å². The van der Waals surface area contributed by atoms with Crippen LogP contribution in [-0.4, -0.2) is 28.1 Å². The van der Waals surface area contributed by atoms with Crippen LogP contribution in [0.25, 0.3) is 0 Å². The maximum Gasteiger partial charge on any atom is 0.119 e. The van der Waals surface area contributed by atoms with Crippen molar-refractivity contribution in [3.05, 3.63) is 41.7 Å². The van der Waals surface area contributed by atoms with E-state index in [0.29, 0.717) is 13.2 Å². The van der Waals surface area contributed by atoms with E-state index in [9.17, 15) is 0 Å². The third-order valence-electron chi connectivity index (χ3n) is 2.49. The molecule has 0 saturated heterocycles. The number of aryl methyl sites for hydroxylation is 2. The lowest BCUT2D eigenvalue weighted by atomic mass is 10.2. The molecule has 0 bridgehead atoms. The predicted molar refractivity (Wildman–Crippen MR) is 69.4 cm³/mol. The maximum atomic E-state index is 5.63. The van der Waals surface area contributed by atoms with Gasteiger partial charge in [0.2, 0.25) is 0 Å². The van der Waals surface area contributed by atoms with Gasteiger partial charge >= 0.3 is 0 Å².